The standard InChI is InChI=1S/C28H35F4N3O2/c29-24-11-22(17-8-18(24)9-17)27(36)34-26-12-33-25-4-3-21(10-23(25)26)37-5-1-2-16-6-19-13-35(14-20(19)7-16)15-28(30,31)32/h3-4,10,12,16-20,22,24,33H,1-2,5-9,11,13-15H2,(H,34,36)/t16?,17?,18?,19-,20+,22-,24+/m1/s1. The molecule has 0 spiro atoms. The Hall–Kier alpha value is -2.29. The van der Waals surface area contributed by atoms with Gasteiger partial charge in [-0.05, 0) is 92.7 Å². The van der Waals surface area contributed by atoms with Crippen LogP contribution in [-0.4, -0.2) is 54.4 Å². The second-order valence-corrected chi connectivity index (χ2v) is 11.9. The number of aromatic nitrogens is 1. The molecule has 5 aliphatic rings. The second kappa shape index (κ2) is 9.79. The van der Waals surface area contributed by atoms with E-state index in [4.69, 9.17) is 4.74 Å². The zero-order valence-electron chi connectivity index (χ0n) is 20.9. The number of nitrogens with zero attached hydrogens (tertiary/aromatic N) is 1. The fraction of sp³-hybridized carbons (Fsp3) is 0.679. The zero-order chi connectivity index (χ0) is 25.7. The molecule has 2 N–H and O–H groups in total. The monoisotopic (exact) mass is 521 g/mol. The van der Waals surface area contributed by atoms with Crippen LogP contribution in [0.15, 0.2) is 24.4 Å². The first-order valence-corrected chi connectivity index (χ1v) is 13.7. The van der Waals surface area contributed by atoms with Crippen molar-refractivity contribution in [2.75, 3.05) is 31.6 Å². The molecule has 2 heterocycles. The maximum absolute atomic E-state index is 14.1. The fourth-order valence-electron chi connectivity index (χ4n) is 7.50. The number of hydrogen-bond acceptors (Lipinski definition) is 3. The number of benzene rings is 1. The number of fused-ring (bicyclic) bond motifs is 4. The van der Waals surface area contributed by atoms with E-state index in [9.17, 15) is 22.4 Å². The van der Waals surface area contributed by atoms with Crippen LogP contribution in [0.3, 0.4) is 0 Å². The van der Waals surface area contributed by atoms with E-state index >= 15 is 0 Å². The van der Waals surface area contributed by atoms with Gasteiger partial charge in [0.05, 0.1) is 18.8 Å². The molecular formula is C28H35F4N3O2. The van der Waals surface area contributed by atoms with Crippen molar-refractivity contribution in [3.05, 3.63) is 24.4 Å². The number of aromatic amines is 1. The molecule has 1 unspecified atom stereocenters. The van der Waals surface area contributed by atoms with Crippen molar-refractivity contribution in [3.63, 3.8) is 0 Å². The van der Waals surface area contributed by atoms with E-state index in [0.717, 1.165) is 55.2 Å². The average molecular weight is 522 g/mol. The Morgan fingerprint density at radius 3 is 2.51 bits per heavy atom. The van der Waals surface area contributed by atoms with Crippen LogP contribution in [0.5, 0.6) is 5.75 Å². The van der Waals surface area contributed by atoms with Crippen LogP contribution in [0.1, 0.15) is 44.9 Å². The molecule has 1 aromatic heterocycles. The maximum Gasteiger partial charge on any atom is 0.401 e. The molecule has 1 aliphatic heterocycles. The Morgan fingerprint density at radius 1 is 1.05 bits per heavy atom. The summed E-state index contributed by atoms with van der Waals surface area (Å²) in [6, 6.07) is 5.76. The quantitative estimate of drug-likeness (QED) is 0.323. The van der Waals surface area contributed by atoms with E-state index in [2.05, 4.69) is 10.3 Å². The molecular weight excluding hydrogens is 486 g/mol. The number of anilines is 1. The van der Waals surface area contributed by atoms with Crippen molar-refractivity contribution in [3.8, 4) is 5.75 Å². The number of ether oxygens (including phenoxy) is 1. The second-order valence-electron chi connectivity index (χ2n) is 11.9. The molecule has 37 heavy (non-hydrogen) atoms. The lowest BCUT2D eigenvalue weighted by Gasteiger charge is -2.47. The molecule has 7 rings (SSSR count). The highest BCUT2D eigenvalue weighted by Crippen LogP contribution is 2.50. The molecule has 1 aromatic carbocycles. The van der Waals surface area contributed by atoms with Gasteiger partial charge in [-0.25, -0.2) is 4.39 Å². The van der Waals surface area contributed by atoms with Crippen molar-refractivity contribution in [1.82, 2.24) is 9.88 Å². The normalized spacial score (nSPS) is 33.4. The largest absolute Gasteiger partial charge is 0.494 e. The van der Waals surface area contributed by atoms with Crippen LogP contribution in [0.25, 0.3) is 10.9 Å². The van der Waals surface area contributed by atoms with Gasteiger partial charge in [0.25, 0.3) is 0 Å². The number of carbonyl (C=O) groups is 1. The van der Waals surface area contributed by atoms with Crippen LogP contribution >= 0.6 is 0 Å². The molecule has 9 heteroatoms. The van der Waals surface area contributed by atoms with Crippen molar-refractivity contribution in [1.29, 1.82) is 0 Å². The minimum Gasteiger partial charge on any atom is -0.494 e. The SMILES string of the molecule is O=C(Nc1c[nH]c2ccc(OCCCC3C[C@@H]4CN(CC(F)(F)F)C[C@@H]4C3)cc12)[C@@H]1C[C@H](F)C2CC1C2. The smallest absolute Gasteiger partial charge is 0.401 e. The Bertz CT molecular complexity index is 1110. The molecule has 5 nitrogen and oxygen atoms in total. The third kappa shape index (κ3) is 5.33. The number of H-pyrrole nitrogens is 1. The van der Waals surface area contributed by atoms with Gasteiger partial charge in [0, 0.05) is 36.1 Å². The topological polar surface area (TPSA) is 57.4 Å². The highest BCUT2D eigenvalue weighted by Gasteiger charge is 2.49. The maximum atomic E-state index is 14.1. The summed E-state index contributed by atoms with van der Waals surface area (Å²) in [6.07, 6.45) is 2.74. The van der Waals surface area contributed by atoms with Gasteiger partial charge >= 0.3 is 6.18 Å². The Kier molecular flexibility index (Phi) is 6.62. The summed E-state index contributed by atoms with van der Waals surface area (Å²) in [5.74, 6) is 2.20. The number of carbonyl (C=O) groups excluding carboxylic acids is 1. The van der Waals surface area contributed by atoms with Crippen molar-refractivity contribution in [2.45, 2.75) is 57.3 Å². The summed E-state index contributed by atoms with van der Waals surface area (Å²) in [5, 5.41) is 3.89. The third-order valence-electron chi connectivity index (χ3n) is 9.37. The van der Waals surface area contributed by atoms with Crippen molar-refractivity contribution >= 4 is 22.5 Å². The minimum absolute atomic E-state index is 0.0964. The molecule has 5 fully saturated rings. The molecule has 2 aromatic rings. The highest BCUT2D eigenvalue weighted by atomic mass is 19.4. The Morgan fingerprint density at radius 2 is 1.81 bits per heavy atom. The van der Waals surface area contributed by atoms with Crippen LogP contribution in [0.4, 0.5) is 23.2 Å². The summed E-state index contributed by atoms with van der Waals surface area (Å²) in [6.45, 7) is 0.938. The minimum atomic E-state index is -4.11. The number of rotatable bonds is 8. The molecule has 0 radical (unpaired) electrons. The van der Waals surface area contributed by atoms with Gasteiger partial charge in [0.1, 0.15) is 11.9 Å². The molecule has 5 atom stereocenters. The fourth-order valence-corrected chi connectivity index (χ4v) is 7.50. The summed E-state index contributed by atoms with van der Waals surface area (Å²) < 4.78 is 58.2. The first kappa shape index (κ1) is 25.0. The summed E-state index contributed by atoms with van der Waals surface area (Å²) in [4.78, 5) is 17.6. The summed E-state index contributed by atoms with van der Waals surface area (Å²) >= 11 is 0. The third-order valence-corrected chi connectivity index (χ3v) is 9.37. The number of halogens is 4. The molecule has 1 saturated heterocycles. The van der Waals surface area contributed by atoms with Gasteiger partial charge < -0.3 is 15.0 Å². The van der Waals surface area contributed by atoms with E-state index in [1.807, 2.05) is 18.2 Å². The van der Waals surface area contributed by atoms with Gasteiger partial charge in [0.15, 0.2) is 0 Å². The lowest BCUT2D eigenvalue weighted by molar-refractivity contribution is -0.144. The summed E-state index contributed by atoms with van der Waals surface area (Å²) in [5.41, 5.74) is 1.59. The number of alkyl halides is 4. The van der Waals surface area contributed by atoms with Crippen LogP contribution in [0.2, 0.25) is 0 Å². The lowest BCUT2D eigenvalue weighted by atomic mass is 9.59. The Balaban J connectivity index is 0.970. The molecule has 202 valence electrons. The number of nitrogens with one attached hydrogen (secondary N) is 2. The number of amides is 1. The number of likely N-dealkylation sites (tertiary alicyclic amines) is 1. The molecule has 4 aliphatic carbocycles. The van der Waals surface area contributed by atoms with Gasteiger partial charge in [-0.1, -0.05) is 0 Å². The first-order valence-electron chi connectivity index (χ1n) is 13.7. The zero-order valence-corrected chi connectivity index (χ0v) is 20.9. The van der Waals surface area contributed by atoms with E-state index < -0.39 is 18.9 Å². The van der Waals surface area contributed by atoms with E-state index in [1.54, 1.807) is 11.1 Å². The predicted molar refractivity (Wildman–Crippen MR) is 133 cm³/mol. The van der Waals surface area contributed by atoms with E-state index in [0.29, 0.717) is 55.5 Å². The highest BCUT2D eigenvalue weighted by molar-refractivity contribution is 6.03. The summed E-state index contributed by atoms with van der Waals surface area (Å²) in [7, 11) is 0. The number of hydrogen-bond donors (Lipinski definition) is 2. The van der Waals surface area contributed by atoms with Gasteiger partial charge in [-0.15, -0.1) is 0 Å². The molecule has 1 amide bonds. The van der Waals surface area contributed by atoms with Crippen molar-refractivity contribution < 1.29 is 27.1 Å². The lowest BCUT2D eigenvalue weighted by Crippen LogP contribution is -2.47. The van der Waals surface area contributed by atoms with E-state index in [1.165, 1.54) is 0 Å². The van der Waals surface area contributed by atoms with Crippen LogP contribution < -0.4 is 10.1 Å². The van der Waals surface area contributed by atoms with E-state index in [-0.39, 0.29) is 17.7 Å². The van der Waals surface area contributed by atoms with Gasteiger partial charge in [0.2, 0.25) is 5.91 Å². The van der Waals surface area contributed by atoms with Gasteiger partial charge in [-0.3, -0.25) is 9.69 Å². The average Bonchev–Trinajstić information content (AvgIpc) is 3.47. The Labute approximate surface area is 214 Å². The molecule has 4 saturated carbocycles. The van der Waals surface area contributed by atoms with Crippen molar-refractivity contribution in [2.24, 2.45) is 35.5 Å². The van der Waals surface area contributed by atoms with Crippen LogP contribution in [-0.2, 0) is 4.79 Å². The first-order chi connectivity index (χ1) is 17.7. The van der Waals surface area contributed by atoms with Crippen LogP contribution in [0, 0.1) is 35.5 Å². The van der Waals surface area contributed by atoms with Gasteiger partial charge in [-0.2, -0.15) is 13.2 Å². The predicted octanol–water partition coefficient (Wildman–Crippen LogP) is 6.17. The molecule has 2 bridgehead atoms.